The van der Waals surface area contributed by atoms with E-state index in [-0.39, 0.29) is 24.5 Å². The van der Waals surface area contributed by atoms with Crippen molar-refractivity contribution in [1.29, 1.82) is 0 Å². The van der Waals surface area contributed by atoms with Crippen LogP contribution in [-0.2, 0) is 39.8 Å². The summed E-state index contributed by atoms with van der Waals surface area (Å²) in [5.41, 5.74) is 11.4. The number of carbonyl (C=O) groups is 3. The van der Waals surface area contributed by atoms with Crippen LogP contribution in [0, 0.1) is 17.8 Å². The minimum absolute atomic E-state index is 0.0470. The highest BCUT2D eigenvalue weighted by Gasteiger charge is 2.58. The lowest BCUT2D eigenvalue weighted by molar-refractivity contribution is -0.296. The number of cyclic esters (lactones) is 1. The average Bonchev–Trinajstić information content (AvgIpc) is 3.82. The lowest BCUT2D eigenvalue weighted by Crippen LogP contribution is -2.61. The second kappa shape index (κ2) is 21.0. The van der Waals surface area contributed by atoms with E-state index in [1.54, 1.807) is 23.6 Å². The first-order chi connectivity index (χ1) is 29.4. The molecule has 0 radical (unpaired) electrons. The average molecular weight is 870 g/mol. The summed E-state index contributed by atoms with van der Waals surface area (Å²) < 4.78 is 33.5. The number of aliphatic imine (C=N–C) groups is 1. The molecule has 18 nitrogen and oxygen atoms in total. The van der Waals surface area contributed by atoms with Gasteiger partial charge in [-0.25, -0.2) is 4.79 Å². The van der Waals surface area contributed by atoms with Gasteiger partial charge in [-0.15, -0.1) is 5.10 Å². The number of anilines is 1. The topological polar surface area (TPSA) is 231 Å². The summed E-state index contributed by atoms with van der Waals surface area (Å²) >= 11 is 0. The van der Waals surface area contributed by atoms with E-state index in [4.69, 9.17) is 35.2 Å². The summed E-state index contributed by atoms with van der Waals surface area (Å²) in [4.78, 5) is 50.3. The predicted molar refractivity (Wildman–Crippen MR) is 234 cm³/mol. The smallest absolute Gasteiger partial charge is 0.410 e. The third-order valence-corrected chi connectivity index (χ3v) is 13.1. The van der Waals surface area contributed by atoms with Crippen LogP contribution >= 0.6 is 0 Å². The number of rotatable bonds is 13. The van der Waals surface area contributed by atoms with Crippen molar-refractivity contribution in [3.05, 3.63) is 30.5 Å². The minimum Gasteiger partial charge on any atom is -0.458 e. The highest BCUT2D eigenvalue weighted by atomic mass is 16.7. The number of fused-ring (bicyclic) bond motifs is 1. The van der Waals surface area contributed by atoms with Gasteiger partial charge < -0.3 is 50.5 Å². The number of Topliss-reactive ketones (excluding diaryl/α,β-unsaturated/α-hetero) is 1. The molecule has 62 heavy (non-hydrogen) atoms. The van der Waals surface area contributed by atoms with Crippen molar-refractivity contribution in [1.82, 2.24) is 30.1 Å². The van der Waals surface area contributed by atoms with Crippen molar-refractivity contribution in [2.45, 2.75) is 147 Å². The van der Waals surface area contributed by atoms with Crippen molar-refractivity contribution in [3.8, 4) is 11.3 Å². The molecule has 3 aliphatic rings. The van der Waals surface area contributed by atoms with Gasteiger partial charge in [-0.1, -0.05) is 38.1 Å². The van der Waals surface area contributed by atoms with E-state index in [2.05, 4.69) is 27.5 Å². The normalized spacial score (nSPS) is 35.4. The van der Waals surface area contributed by atoms with Crippen LogP contribution in [0.5, 0.6) is 0 Å². The van der Waals surface area contributed by atoms with Crippen LogP contribution in [0.1, 0.15) is 80.6 Å². The molecule has 3 aliphatic heterocycles. The molecule has 2 aromatic rings. The maximum Gasteiger partial charge on any atom is 0.410 e. The summed E-state index contributed by atoms with van der Waals surface area (Å²) in [7, 11) is 5.31. The lowest BCUT2D eigenvalue weighted by atomic mass is 9.78. The molecular weight excluding hydrogens is 799 g/mol. The number of hydrogen-bond donors (Lipinski definition) is 4. The zero-order valence-electron chi connectivity index (χ0n) is 38.2. The number of aromatic nitrogens is 3. The van der Waals surface area contributed by atoms with E-state index in [0.29, 0.717) is 57.4 Å². The summed E-state index contributed by atoms with van der Waals surface area (Å²) in [5, 5.41) is 23.9. The number of likely N-dealkylation sites (N-methyl/N-ethyl adjacent to an activating group) is 1. The molecule has 4 heterocycles. The number of amides is 1. The number of hydrogen-bond acceptors (Lipinski definition) is 15. The number of benzene rings is 1. The van der Waals surface area contributed by atoms with Crippen molar-refractivity contribution in [2.75, 3.05) is 46.6 Å². The van der Waals surface area contributed by atoms with Gasteiger partial charge in [0.25, 0.3) is 0 Å². The largest absolute Gasteiger partial charge is 0.458 e. The van der Waals surface area contributed by atoms with Gasteiger partial charge in [-0.2, -0.15) is 0 Å². The molecule has 3 saturated heterocycles. The number of carbonyl (C=O) groups excluding carboxylic acids is 3. The maximum absolute atomic E-state index is 14.5. The third-order valence-electron chi connectivity index (χ3n) is 13.1. The highest BCUT2D eigenvalue weighted by Crippen LogP contribution is 2.40. The molecule has 0 bridgehead atoms. The fraction of sp³-hybridized carbons (Fsp3) is 0.727. The Hall–Kier alpha value is -4.20. The fourth-order valence-electron chi connectivity index (χ4n) is 9.64. The lowest BCUT2D eigenvalue weighted by Gasteiger charge is -2.47. The van der Waals surface area contributed by atoms with Crippen LogP contribution in [0.2, 0.25) is 0 Å². The van der Waals surface area contributed by atoms with Crippen molar-refractivity contribution < 1.29 is 43.2 Å². The Balaban J connectivity index is 1.39. The van der Waals surface area contributed by atoms with Crippen LogP contribution in [0.4, 0.5) is 10.5 Å². The van der Waals surface area contributed by atoms with Crippen molar-refractivity contribution >= 4 is 29.9 Å². The molecule has 3 fully saturated rings. The molecule has 13 atom stereocenters. The van der Waals surface area contributed by atoms with E-state index < -0.39 is 77.6 Å². The molecule has 3 unspecified atom stereocenters. The van der Waals surface area contributed by atoms with Crippen LogP contribution in [-0.4, -0.2) is 155 Å². The van der Waals surface area contributed by atoms with Gasteiger partial charge in [-0.3, -0.25) is 24.2 Å². The van der Waals surface area contributed by atoms with E-state index in [1.807, 2.05) is 77.2 Å². The molecule has 346 valence electrons. The number of methoxy groups -OCH3 is 1. The van der Waals surface area contributed by atoms with E-state index in [0.717, 1.165) is 11.3 Å². The molecule has 5 rings (SSSR count). The number of unbranched alkanes of at least 4 members (excludes halogenated alkanes) is 1. The van der Waals surface area contributed by atoms with Crippen LogP contribution in [0.15, 0.2) is 35.5 Å². The molecular formula is C44H71N9O9. The monoisotopic (exact) mass is 870 g/mol. The minimum atomic E-state index is -1.25. The number of nitrogens with two attached hydrogens (primary N) is 2. The van der Waals surface area contributed by atoms with Crippen LogP contribution in [0.3, 0.4) is 0 Å². The van der Waals surface area contributed by atoms with Gasteiger partial charge in [-0.05, 0) is 98.5 Å². The summed E-state index contributed by atoms with van der Waals surface area (Å²) in [5.74, 6) is -3.34. The zero-order chi connectivity index (χ0) is 45.5. The standard InChI is InChI=1S/C44H71N9O9/c1-11-35-44(7)38(53(42(57)62-44)18-13-12-17-52-24-33(49-50-52)30-15-14-16-31(46)19-30)29(5)48-22-26(2)21-43(6,58-10)39(27(3)36(54)28(4)40(56)60-35)61-41-37(55)34(51(8)9)20-32(59-41)23-47-25-45/h14-16,19,24-29,32,34-35,37-39,41,48,55H,11-13,17-18,20-23,46H2,1-10H3,(H2,45,47)/t26-,27+,28-,29-,32?,34?,35-,37?,38-,39-,41+,43-,44-/m1/s1. The molecule has 18 heteroatoms. The molecule has 6 N–H and O–H groups in total. The first kappa shape index (κ1) is 48.8. The van der Waals surface area contributed by atoms with Gasteiger partial charge >= 0.3 is 12.1 Å². The van der Waals surface area contributed by atoms with E-state index in [9.17, 15) is 19.5 Å². The van der Waals surface area contributed by atoms with Gasteiger partial charge in [0, 0.05) is 49.5 Å². The van der Waals surface area contributed by atoms with Gasteiger partial charge in [0.15, 0.2) is 17.7 Å². The second-order valence-electron chi connectivity index (χ2n) is 18.1. The first-order valence-electron chi connectivity index (χ1n) is 22.0. The fourth-order valence-corrected chi connectivity index (χ4v) is 9.64. The van der Waals surface area contributed by atoms with E-state index in [1.165, 1.54) is 13.3 Å². The maximum atomic E-state index is 14.5. The number of ketones is 1. The molecule has 1 amide bonds. The summed E-state index contributed by atoms with van der Waals surface area (Å²) in [6, 6.07) is 6.29. The van der Waals surface area contributed by atoms with Gasteiger partial charge in [0.1, 0.15) is 23.8 Å². The van der Waals surface area contributed by atoms with Crippen LogP contribution in [0.25, 0.3) is 11.3 Å². The second-order valence-corrected chi connectivity index (χ2v) is 18.1. The molecule has 1 aromatic carbocycles. The number of aliphatic hydroxyl groups excluding tert-OH is 1. The molecule has 0 saturated carbocycles. The summed E-state index contributed by atoms with van der Waals surface area (Å²) in [6.45, 7) is 14.6. The Morgan fingerprint density at radius 1 is 1.13 bits per heavy atom. The number of aryl methyl sites for hydroxylation is 1. The SMILES string of the molecule is CC[C@H]1OC(=O)[C@H](C)C(=O)[C@H](C)[C@@H](O[C@@H]2OC(CN=CN)CC(N(C)C)C2O)[C@](C)(OC)C[C@@H](C)CN[C@H](C)[C@H]2N(CCCCn3cc(-c4cccc(N)c4)nn3)C(=O)O[C@]12C. The predicted octanol–water partition coefficient (Wildman–Crippen LogP) is 3.25. The quantitative estimate of drug-likeness (QED) is 0.0566. The van der Waals surface area contributed by atoms with Crippen molar-refractivity contribution in [3.63, 3.8) is 0 Å². The van der Waals surface area contributed by atoms with Gasteiger partial charge in [0.05, 0.1) is 42.9 Å². The number of nitrogens with zero attached hydrogens (tertiary/aromatic N) is 6. The molecule has 1 aromatic heterocycles. The Morgan fingerprint density at radius 3 is 2.52 bits per heavy atom. The Morgan fingerprint density at radius 2 is 1.85 bits per heavy atom. The molecule has 0 spiro atoms. The van der Waals surface area contributed by atoms with Crippen LogP contribution < -0.4 is 16.8 Å². The number of ether oxygens (including phenoxy) is 5. The Labute approximate surface area is 366 Å². The number of esters is 1. The Kier molecular flexibility index (Phi) is 16.5. The highest BCUT2D eigenvalue weighted by molar-refractivity contribution is 6.00. The van der Waals surface area contributed by atoms with E-state index >= 15 is 0 Å². The third kappa shape index (κ3) is 10.9. The molecule has 0 aliphatic carbocycles. The van der Waals surface area contributed by atoms with Crippen molar-refractivity contribution in [2.24, 2.45) is 28.5 Å². The number of nitrogens with one attached hydrogen (secondary N) is 1. The number of nitrogen functional groups attached to an aromatic ring is 1. The zero-order valence-corrected chi connectivity index (χ0v) is 38.2. The van der Waals surface area contributed by atoms with Gasteiger partial charge in [0.2, 0.25) is 0 Å². The Bertz CT molecular complexity index is 1850. The number of aliphatic hydroxyl groups is 1. The summed E-state index contributed by atoms with van der Waals surface area (Å²) in [6.07, 6.45) is 0.707. The first-order valence-corrected chi connectivity index (χ1v) is 22.0.